The highest BCUT2D eigenvalue weighted by Crippen LogP contribution is 2.17. The van der Waals surface area contributed by atoms with Crippen molar-refractivity contribution in [3.05, 3.63) is 72.1 Å². The first-order valence-electron chi connectivity index (χ1n) is 10.5. The summed E-state index contributed by atoms with van der Waals surface area (Å²) in [5.74, 6) is 0.689. The third kappa shape index (κ3) is 5.38. The summed E-state index contributed by atoms with van der Waals surface area (Å²) in [6.45, 7) is 3.05. The highest BCUT2D eigenvalue weighted by atomic mass is 16.5. The van der Waals surface area contributed by atoms with E-state index in [2.05, 4.69) is 5.32 Å². The molecule has 1 aliphatic rings. The fraction of sp³-hybridized carbons (Fsp3) is 0.292. The first-order valence-corrected chi connectivity index (χ1v) is 10.5. The Morgan fingerprint density at radius 2 is 1.77 bits per heavy atom. The average Bonchev–Trinajstić information content (AvgIpc) is 3.16. The van der Waals surface area contributed by atoms with Crippen LogP contribution in [0.15, 0.2) is 60.7 Å². The number of imidazole rings is 1. The predicted molar refractivity (Wildman–Crippen MR) is 119 cm³/mol. The van der Waals surface area contributed by atoms with Gasteiger partial charge < -0.3 is 19.5 Å². The maximum absolute atomic E-state index is 12.8. The van der Waals surface area contributed by atoms with Gasteiger partial charge in [0, 0.05) is 32.1 Å². The summed E-state index contributed by atoms with van der Waals surface area (Å²) >= 11 is 0. The highest BCUT2D eigenvalue weighted by molar-refractivity contribution is 5.91. The van der Waals surface area contributed by atoms with Crippen molar-refractivity contribution in [2.75, 3.05) is 32.8 Å². The van der Waals surface area contributed by atoms with Crippen molar-refractivity contribution in [2.24, 2.45) is 0 Å². The second kappa shape index (κ2) is 10.0. The zero-order chi connectivity index (χ0) is 21.5. The molecule has 0 saturated carbocycles. The third-order valence-corrected chi connectivity index (χ3v) is 5.27. The van der Waals surface area contributed by atoms with Crippen LogP contribution in [0.2, 0.25) is 0 Å². The topological polar surface area (TPSA) is 76.5 Å². The second-order valence-electron chi connectivity index (χ2n) is 7.38. The van der Waals surface area contributed by atoms with E-state index < -0.39 is 0 Å². The van der Waals surface area contributed by atoms with Crippen LogP contribution in [0.1, 0.15) is 11.4 Å². The lowest BCUT2D eigenvalue weighted by Gasteiger charge is -2.27. The van der Waals surface area contributed by atoms with E-state index in [9.17, 15) is 9.59 Å². The lowest BCUT2D eigenvalue weighted by molar-refractivity contribution is -0.135. The van der Waals surface area contributed by atoms with Crippen molar-refractivity contribution in [3.63, 3.8) is 0 Å². The van der Waals surface area contributed by atoms with Gasteiger partial charge in [0.15, 0.2) is 0 Å². The van der Waals surface area contributed by atoms with Crippen molar-refractivity contribution >= 4 is 28.9 Å². The molecule has 160 valence electrons. The molecule has 7 heteroatoms. The normalized spacial score (nSPS) is 14.3. The number of para-hydroxylation sites is 2. The van der Waals surface area contributed by atoms with Crippen LogP contribution in [0.3, 0.4) is 0 Å². The van der Waals surface area contributed by atoms with Gasteiger partial charge in [-0.2, -0.15) is 0 Å². The first kappa shape index (κ1) is 20.8. The van der Waals surface area contributed by atoms with Crippen molar-refractivity contribution in [1.29, 1.82) is 0 Å². The predicted octanol–water partition coefficient (Wildman–Crippen LogP) is 2.27. The molecule has 2 heterocycles. The fourth-order valence-electron chi connectivity index (χ4n) is 3.63. The van der Waals surface area contributed by atoms with Crippen LogP contribution in [-0.2, 0) is 27.3 Å². The number of benzene rings is 2. The van der Waals surface area contributed by atoms with Gasteiger partial charge in [-0.1, -0.05) is 42.5 Å². The number of ether oxygens (including phenoxy) is 1. The van der Waals surface area contributed by atoms with Crippen LogP contribution in [0, 0.1) is 0 Å². The molecule has 7 nitrogen and oxygen atoms in total. The number of amides is 2. The monoisotopic (exact) mass is 418 g/mol. The first-order chi connectivity index (χ1) is 15.2. The summed E-state index contributed by atoms with van der Waals surface area (Å²) in [6, 6.07) is 17.5. The van der Waals surface area contributed by atoms with Crippen LogP contribution in [-0.4, -0.2) is 59.1 Å². The fourth-order valence-corrected chi connectivity index (χ4v) is 3.63. The molecule has 1 aliphatic heterocycles. The third-order valence-electron chi connectivity index (χ3n) is 5.27. The molecular weight excluding hydrogens is 392 g/mol. The molecule has 0 unspecified atom stereocenters. The highest BCUT2D eigenvalue weighted by Gasteiger charge is 2.20. The van der Waals surface area contributed by atoms with Gasteiger partial charge in [0.1, 0.15) is 12.4 Å². The Morgan fingerprint density at radius 3 is 2.58 bits per heavy atom. The number of hydrogen-bond acceptors (Lipinski definition) is 4. The average molecular weight is 418 g/mol. The standard InChI is InChI=1S/C24H26N4O3/c29-23(11-10-19-6-2-1-3-7-19)25-13-12-22-26-20-8-4-5-9-21(20)28(22)18-24(30)27-14-16-31-17-15-27/h1-11H,12-18H2,(H,25,29)/b11-10+. The van der Waals surface area contributed by atoms with E-state index in [4.69, 9.17) is 9.72 Å². The summed E-state index contributed by atoms with van der Waals surface area (Å²) < 4.78 is 7.30. The summed E-state index contributed by atoms with van der Waals surface area (Å²) in [5.41, 5.74) is 2.75. The van der Waals surface area contributed by atoms with Gasteiger partial charge in [-0.25, -0.2) is 4.98 Å². The van der Waals surface area contributed by atoms with Gasteiger partial charge in [0.2, 0.25) is 11.8 Å². The molecule has 0 atom stereocenters. The molecular formula is C24H26N4O3. The maximum Gasteiger partial charge on any atom is 0.244 e. The Labute approximate surface area is 181 Å². The Morgan fingerprint density at radius 1 is 1.03 bits per heavy atom. The van der Waals surface area contributed by atoms with Crippen molar-refractivity contribution in [3.8, 4) is 0 Å². The van der Waals surface area contributed by atoms with Gasteiger partial charge >= 0.3 is 0 Å². The summed E-state index contributed by atoms with van der Waals surface area (Å²) in [4.78, 5) is 31.5. The van der Waals surface area contributed by atoms with Crippen LogP contribution in [0.4, 0.5) is 0 Å². The SMILES string of the molecule is O=C(/C=C/c1ccccc1)NCCc1nc2ccccc2n1CC(=O)N1CCOCC1. The van der Waals surface area contributed by atoms with E-state index in [1.54, 1.807) is 6.08 Å². The molecule has 1 aromatic heterocycles. The quantitative estimate of drug-likeness (QED) is 0.597. The van der Waals surface area contributed by atoms with Crippen LogP contribution in [0.25, 0.3) is 17.1 Å². The number of hydrogen-bond donors (Lipinski definition) is 1. The maximum atomic E-state index is 12.8. The molecule has 4 rings (SSSR count). The van der Waals surface area contributed by atoms with E-state index in [1.807, 2.05) is 64.1 Å². The van der Waals surface area contributed by atoms with Gasteiger partial charge in [0.25, 0.3) is 0 Å². The van der Waals surface area contributed by atoms with E-state index in [0.29, 0.717) is 39.3 Å². The molecule has 2 amide bonds. The Balaban J connectivity index is 1.41. The van der Waals surface area contributed by atoms with E-state index in [1.165, 1.54) is 6.08 Å². The number of aromatic nitrogens is 2. The minimum absolute atomic E-state index is 0.0579. The molecule has 1 saturated heterocycles. The molecule has 3 aromatic rings. The van der Waals surface area contributed by atoms with Gasteiger partial charge in [-0.15, -0.1) is 0 Å². The number of nitrogens with one attached hydrogen (secondary N) is 1. The molecule has 0 radical (unpaired) electrons. The summed E-state index contributed by atoms with van der Waals surface area (Å²) in [5, 5.41) is 2.90. The number of rotatable bonds is 7. The number of morpholine rings is 1. The number of fused-ring (bicyclic) bond motifs is 1. The lowest BCUT2D eigenvalue weighted by atomic mass is 10.2. The second-order valence-corrected chi connectivity index (χ2v) is 7.38. The van der Waals surface area contributed by atoms with Crippen LogP contribution in [0.5, 0.6) is 0 Å². The zero-order valence-corrected chi connectivity index (χ0v) is 17.4. The molecule has 2 aromatic carbocycles. The molecule has 0 aliphatic carbocycles. The van der Waals surface area contributed by atoms with E-state index in [-0.39, 0.29) is 18.4 Å². The van der Waals surface area contributed by atoms with Crippen molar-refractivity contribution in [2.45, 2.75) is 13.0 Å². The number of carbonyl (C=O) groups is 2. The minimum Gasteiger partial charge on any atom is -0.378 e. The minimum atomic E-state index is -0.157. The van der Waals surface area contributed by atoms with E-state index >= 15 is 0 Å². The summed E-state index contributed by atoms with van der Waals surface area (Å²) in [6.07, 6.45) is 3.85. The number of nitrogens with zero attached hydrogens (tertiary/aromatic N) is 3. The Hall–Kier alpha value is -3.45. The van der Waals surface area contributed by atoms with Gasteiger partial charge in [-0.05, 0) is 23.8 Å². The molecule has 0 bridgehead atoms. The Kier molecular flexibility index (Phi) is 6.74. The van der Waals surface area contributed by atoms with E-state index in [0.717, 1.165) is 22.4 Å². The lowest BCUT2D eigenvalue weighted by Crippen LogP contribution is -2.42. The smallest absolute Gasteiger partial charge is 0.244 e. The molecule has 31 heavy (non-hydrogen) atoms. The Bertz CT molecular complexity index is 1070. The van der Waals surface area contributed by atoms with Crippen LogP contribution >= 0.6 is 0 Å². The largest absolute Gasteiger partial charge is 0.378 e. The summed E-state index contributed by atoms with van der Waals surface area (Å²) in [7, 11) is 0. The molecule has 1 fully saturated rings. The number of carbonyl (C=O) groups excluding carboxylic acids is 2. The van der Waals surface area contributed by atoms with Gasteiger partial charge in [0.05, 0.1) is 24.2 Å². The van der Waals surface area contributed by atoms with Gasteiger partial charge in [-0.3, -0.25) is 9.59 Å². The molecule has 1 N–H and O–H groups in total. The molecule has 0 spiro atoms. The van der Waals surface area contributed by atoms with Crippen molar-refractivity contribution < 1.29 is 14.3 Å². The zero-order valence-electron chi connectivity index (χ0n) is 17.4. The van der Waals surface area contributed by atoms with Crippen molar-refractivity contribution in [1.82, 2.24) is 19.8 Å². The van der Waals surface area contributed by atoms with Crippen LogP contribution < -0.4 is 5.32 Å².